The van der Waals surface area contributed by atoms with Gasteiger partial charge in [0.25, 0.3) is 5.91 Å². The fourth-order valence-corrected chi connectivity index (χ4v) is 5.69. The number of nitrogens with one attached hydrogen (secondary N) is 3. The number of methoxy groups -OCH3 is 1. The number of hydrogen-bond acceptors (Lipinski definition) is 8. The van der Waals surface area contributed by atoms with Crippen molar-refractivity contribution >= 4 is 35.0 Å². The molecule has 1 aromatic heterocycles. The van der Waals surface area contributed by atoms with E-state index in [0.29, 0.717) is 47.6 Å². The largest absolute Gasteiger partial charge is 0.495 e. The van der Waals surface area contributed by atoms with Gasteiger partial charge < -0.3 is 30.5 Å². The lowest BCUT2D eigenvalue weighted by molar-refractivity contribution is -0.121. The zero-order valence-electron chi connectivity index (χ0n) is 22.2. The summed E-state index contributed by atoms with van der Waals surface area (Å²) in [6, 6.07) is 5.77. The van der Waals surface area contributed by atoms with E-state index in [0.717, 1.165) is 38.2 Å². The summed E-state index contributed by atoms with van der Waals surface area (Å²) in [6.07, 6.45) is 9.59. The topological polar surface area (TPSA) is 112 Å². The third-order valence-corrected chi connectivity index (χ3v) is 7.80. The van der Waals surface area contributed by atoms with Crippen molar-refractivity contribution in [1.29, 1.82) is 0 Å². The molecule has 0 radical (unpaired) electrons. The summed E-state index contributed by atoms with van der Waals surface area (Å²) in [5, 5.41) is 9.59. The van der Waals surface area contributed by atoms with E-state index >= 15 is 0 Å². The van der Waals surface area contributed by atoms with Crippen molar-refractivity contribution in [2.75, 3.05) is 48.9 Å². The van der Waals surface area contributed by atoms with Gasteiger partial charge in [-0.25, -0.2) is 4.98 Å². The quantitative estimate of drug-likeness (QED) is 0.456. The number of amides is 2. The number of ether oxygens (including phenoxy) is 1. The molecule has 202 valence electrons. The molecule has 1 aliphatic carbocycles. The lowest BCUT2D eigenvalue weighted by Gasteiger charge is -2.31. The molecule has 2 aliphatic heterocycles. The van der Waals surface area contributed by atoms with Gasteiger partial charge >= 0.3 is 0 Å². The number of carbonyl (C=O) groups excluding carboxylic acids is 2. The van der Waals surface area contributed by atoms with Crippen LogP contribution in [0, 0.1) is 5.92 Å². The molecule has 1 saturated carbocycles. The van der Waals surface area contributed by atoms with E-state index in [2.05, 4.69) is 32.4 Å². The van der Waals surface area contributed by atoms with Crippen molar-refractivity contribution in [3.05, 3.63) is 42.6 Å². The lowest BCUT2D eigenvalue weighted by atomic mass is 10.0. The van der Waals surface area contributed by atoms with Crippen LogP contribution < -0.4 is 30.5 Å². The van der Waals surface area contributed by atoms with Crippen LogP contribution >= 0.6 is 0 Å². The van der Waals surface area contributed by atoms with Crippen molar-refractivity contribution in [3.8, 4) is 5.75 Å². The number of allylic oxidation sites excluding steroid dienone is 1. The molecular formula is C28H37N7O3. The average Bonchev–Trinajstić information content (AvgIpc) is 3.64. The predicted molar refractivity (Wildman–Crippen MR) is 148 cm³/mol. The summed E-state index contributed by atoms with van der Waals surface area (Å²) in [5.74, 6) is 1.44. The second-order valence-electron chi connectivity index (χ2n) is 10.3. The molecule has 5 rings (SSSR count). The van der Waals surface area contributed by atoms with Crippen LogP contribution in [0.15, 0.2) is 37.1 Å². The number of hydrogen-bond donors (Lipinski definition) is 3. The van der Waals surface area contributed by atoms with E-state index in [1.807, 2.05) is 6.08 Å². The minimum atomic E-state index is -0.178. The van der Waals surface area contributed by atoms with Crippen molar-refractivity contribution in [2.45, 2.75) is 50.6 Å². The second kappa shape index (κ2) is 11.4. The van der Waals surface area contributed by atoms with Gasteiger partial charge in [0.05, 0.1) is 24.9 Å². The van der Waals surface area contributed by atoms with E-state index in [9.17, 15) is 9.59 Å². The highest BCUT2D eigenvalue weighted by molar-refractivity contribution is 5.99. The molecule has 1 saturated heterocycles. The van der Waals surface area contributed by atoms with Crippen LogP contribution in [-0.4, -0.2) is 67.7 Å². The number of rotatable bonds is 8. The Morgan fingerprint density at radius 2 is 2.11 bits per heavy atom. The number of anilines is 4. The summed E-state index contributed by atoms with van der Waals surface area (Å²) in [6.45, 7) is 6.17. The third-order valence-electron chi connectivity index (χ3n) is 7.80. The molecule has 3 aliphatic rings. The standard InChI is InChI=1S/C28H37N7O3/c1-4-7-19-17-35(21-8-5-6-9-21)25-23(34(2)27(19)37)16-30-28(33-25)32-22-11-10-18(14-24(22)38-3)26(36)31-20-12-13-29-15-20/h4,10-11,14,16,19-21,29H,1,5-9,12-13,15,17H2,2-3H3,(H,31,36)(H,30,32,33). The molecule has 3 heterocycles. The molecule has 2 unspecified atom stereocenters. The summed E-state index contributed by atoms with van der Waals surface area (Å²) in [5.41, 5.74) is 1.89. The molecular weight excluding hydrogens is 482 g/mol. The molecule has 2 atom stereocenters. The lowest BCUT2D eigenvalue weighted by Crippen LogP contribution is -2.39. The molecule has 2 amide bonds. The van der Waals surface area contributed by atoms with Crippen LogP contribution in [0.3, 0.4) is 0 Å². The zero-order valence-corrected chi connectivity index (χ0v) is 22.2. The Kier molecular flexibility index (Phi) is 7.78. The normalized spacial score (nSPS) is 21.7. The zero-order chi connectivity index (χ0) is 26.6. The molecule has 2 aromatic rings. The van der Waals surface area contributed by atoms with Crippen LogP contribution in [0.2, 0.25) is 0 Å². The van der Waals surface area contributed by atoms with Gasteiger partial charge in [0.1, 0.15) is 11.4 Å². The summed E-state index contributed by atoms with van der Waals surface area (Å²) in [4.78, 5) is 39.4. The molecule has 1 aromatic carbocycles. The Bertz CT molecular complexity index is 1190. The monoisotopic (exact) mass is 519 g/mol. The fraction of sp³-hybridized carbons (Fsp3) is 0.500. The fourth-order valence-electron chi connectivity index (χ4n) is 5.69. The van der Waals surface area contributed by atoms with Crippen LogP contribution in [0.25, 0.3) is 0 Å². The number of benzene rings is 1. The molecule has 0 bridgehead atoms. The number of nitrogens with zero attached hydrogens (tertiary/aromatic N) is 4. The predicted octanol–water partition coefficient (Wildman–Crippen LogP) is 3.24. The molecule has 38 heavy (non-hydrogen) atoms. The third kappa shape index (κ3) is 5.31. The summed E-state index contributed by atoms with van der Waals surface area (Å²) < 4.78 is 5.60. The van der Waals surface area contributed by atoms with Crippen molar-refractivity contribution < 1.29 is 14.3 Å². The molecule has 10 heteroatoms. The molecule has 3 N–H and O–H groups in total. The van der Waals surface area contributed by atoms with E-state index in [4.69, 9.17) is 9.72 Å². The molecule has 2 fully saturated rings. The highest BCUT2D eigenvalue weighted by Crippen LogP contribution is 2.38. The average molecular weight is 520 g/mol. The second-order valence-corrected chi connectivity index (χ2v) is 10.3. The Morgan fingerprint density at radius 1 is 1.29 bits per heavy atom. The van der Waals surface area contributed by atoms with Gasteiger partial charge in [-0.15, -0.1) is 6.58 Å². The van der Waals surface area contributed by atoms with Crippen molar-refractivity contribution in [3.63, 3.8) is 0 Å². The van der Waals surface area contributed by atoms with Gasteiger partial charge in [0, 0.05) is 37.8 Å². The molecule has 0 spiro atoms. The van der Waals surface area contributed by atoms with Crippen molar-refractivity contribution in [1.82, 2.24) is 20.6 Å². The molecule has 10 nitrogen and oxygen atoms in total. The van der Waals surface area contributed by atoms with E-state index < -0.39 is 0 Å². The minimum absolute atomic E-state index is 0.0554. The van der Waals surface area contributed by atoms with E-state index in [1.165, 1.54) is 12.8 Å². The van der Waals surface area contributed by atoms with Crippen LogP contribution in [0.4, 0.5) is 23.1 Å². The maximum absolute atomic E-state index is 13.2. The highest BCUT2D eigenvalue weighted by Gasteiger charge is 2.36. The summed E-state index contributed by atoms with van der Waals surface area (Å²) >= 11 is 0. The van der Waals surface area contributed by atoms with Gasteiger partial charge in [-0.3, -0.25) is 9.59 Å². The number of carbonyl (C=O) groups is 2. The SMILES string of the molecule is C=CCC1CN(C2CCCC2)c2nc(Nc3ccc(C(=O)NC4CCNC4)cc3OC)ncc2N(C)C1=O. The van der Waals surface area contributed by atoms with E-state index in [-0.39, 0.29) is 23.8 Å². The van der Waals surface area contributed by atoms with Crippen LogP contribution in [0.1, 0.15) is 48.9 Å². The maximum atomic E-state index is 13.2. The highest BCUT2D eigenvalue weighted by atomic mass is 16.5. The Hall–Kier alpha value is -3.66. The maximum Gasteiger partial charge on any atom is 0.251 e. The van der Waals surface area contributed by atoms with Gasteiger partial charge in [-0.05, 0) is 50.4 Å². The van der Waals surface area contributed by atoms with Gasteiger partial charge in [-0.2, -0.15) is 4.98 Å². The summed E-state index contributed by atoms with van der Waals surface area (Å²) in [7, 11) is 3.36. The smallest absolute Gasteiger partial charge is 0.251 e. The first-order valence-corrected chi connectivity index (χ1v) is 13.5. The Morgan fingerprint density at radius 3 is 2.82 bits per heavy atom. The van der Waals surface area contributed by atoms with Crippen molar-refractivity contribution in [2.24, 2.45) is 5.92 Å². The first kappa shape index (κ1) is 26.0. The first-order chi connectivity index (χ1) is 18.5. The van der Waals surface area contributed by atoms with Crippen LogP contribution in [-0.2, 0) is 4.79 Å². The van der Waals surface area contributed by atoms with Gasteiger partial charge in [0.15, 0.2) is 5.82 Å². The van der Waals surface area contributed by atoms with Crippen LogP contribution in [0.5, 0.6) is 5.75 Å². The van der Waals surface area contributed by atoms with Gasteiger partial charge in [-0.1, -0.05) is 18.9 Å². The first-order valence-electron chi connectivity index (χ1n) is 13.5. The minimum Gasteiger partial charge on any atom is -0.495 e. The van der Waals surface area contributed by atoms with E-state index in [1.54, 1.807) is 43.5 Å². The Balaban J connectivity index is 1.42. The van der Waals surface area contributed by atoms with Gasteiger partial charge in [0.2, 0.25) is 11.9 Å². The number of fused-ring (bicyclic) bond motifs is 1. The number of aromatic nitrogens is 2. The Labute approximate surface area is 223 Å².